The van der Waals surface area contributed by atoms with Crippen molar-refractivity contribution in [1.82, 2.24) is 15.0 Å². The number of primary amides is 1. The van der Waals surface area contributed by atoms with E-state index in [1.807, 2.05) is 24.3 Å². The van der Waals surface area contributed by atoms with Gasteiger partial charge >= 0.3 is 0 Å². The van der Waals surface area contributed by atoms with Crippen LogP contribution in [0.4, 0.5) is 17.6 Å². The first-order chi connectivity index (χ1) is 11.1. The fourth-order valence-electron chi connectivity index (χ4n) is 1.97. The molecule has 0 radical (unpaired) electrons. The number of nitrogens with two attached hydrogens (primary N) is 2. The highest BCUT2D eigenvalue weighted by Crippen LogP contribution is 2.20. The minimum atomic E-state index is -0.314. The lowest BCUT2D eigenvalue weighted by molar-refractivity contribution is -0.117. The molecule has 122 valence electrons. The second-order valence-electron chi connectivity index (χ2n) is 4.84. The summed E-state index contributed by atoms with van der Waals surface area (Å²) in [5, 5.41) is 3.19. The van der Waals surface area contributed by atoms with Gasteiger partial charge in [0.15, 0.2) is 0 Å². The molecule has 1 aromatic heterocycles. The van der Waals surface area contributed by atoms with Gasteiger partial charge in [-0.15, -0.1) is 0 Å². The number of para-hydroxylation sites is 1. The third kappa shape index (κ3) is 5.41. The van der Waals surface area contributed by atoms with Crippen LogP contribution in [0.25, 0.3) is 0 Å². The number of nitrogen functional groups attached to an aromatic ring is 1. The molecular formula is C15H20N6OS. The molecule has 23 heavy (non-hydrogen) atoms. The third-order valence-electron chi connectivity index (χ3n) is 3.07. The number of benzene rings is 1. The molecule has 0 aliphatic heterocycles. The highest BCUT2D eigenvalue weighted by Gasteiger charge is 2.07. The monoisotopic (exact) mass is 332 g/mol. The van der Waals surface area contributed by atoms with Gasteiger partial charge in [-0.25, -0.2) is 0 Å². The molecule has 2 aromatic rings. The number of anilines is 3. The average molecular weight is 332 g/mol. The second kappa shape index (κ2) is 8.33. The van der Waals surface area contributed by atoms with Gasteiger partial charge in [0.2, 0.25) is 17.8 Å². The van der Waals surface area contributed by atoms with Crippen LogP contribution in [0.2, 0.25) is 0 Å². The summed E-state index contributed by atoms with van der Waals surface area (Å²) >= 11 is 1.53. The lowest BCUT2D eigenvalue weighted by Gasteiger charge is -2.10. The number of aromatic nitrogens is 3. The zero-order valence-electron chi connectivity index (χ0n) is 13.0. The van der Waals surface area contributed by atoms with Gasteiger partial charge in [-0.2, -0.15) is 26.7 Å². The van der Waals surface area contributed by atoms with Crippen LogP contribution in [0, 0.1) is 0 Å². The van der Waals surface area contributed by atoms with Crippen LogP contribution in [-0.4, -0.2) is 26.6 Å². The Balaban J connectivity index is 2.06. The topological polar surface area (TPSA) is 120 Å². The highest BCUT2D eigenvalue weighted by atomic mass is 32.2. The molecule has 8 heteroatoms. The number of nitrogens with zero attached hydrogens (tertiary/aromatic N) is 3. The molecule has 5 N–H and O–H groups in total. The number of hydrogen-bond donors (Lipinski definition) is 3. The summed E-state index contributed by atoms with van der Waals surface area (Å²) in [5.74, 6) is 2.02. The largest absolute Gasteiger partial charge is 0.370 e. The molecule has 0 spiro atoms. The number of nitrogens with one attached hydrogen (secondary N) is 1. The molecule has 0 bridgehead atoms. The zero-order chi connectivity index (χ0) is 16.7. The zero-order valence-corrected chi connectivity index (χ0v) is 13.8. The van der Waals surface area contributed by atoms with Crippen molar-refractivity contribution in [1.29, 1.82) is 0 Å². The molecule has 0 unspecified atom stereocenters. The van der Waals surface area contributed by atoms with Crippen LogP contribution >= 0.6 is 11.8 Å². The molecule has 0 fully saturated rings. The number of rotatable bonds is 8. The molecule has 1 heterocycles. The van der Waals surface area contributed by atoms with Crippen LogP contribution in [0.15, 0.2) is 24.3 Å². The van der Waals surface area contributed by atoms with Crippen LogP contribution in [0.3, 0.4) is 0 Å². The normalized spacial score (nSPS) is 10.5. The summed E-state index contributed by atoms with van der Waals surface area (Å²) < 4.78 is 0. The Hall–Kier alpha value is -2.35. The van der Waals surface area contributed by atoms with Gasteiger partial charge in [0.1, 0.15) is 5.82 Å². The van der Waals surface area contributed by atoms with E-state index in [2.05, 4.69) is 27.2 Å². The van der Waals surface area contributed by atoms with Crippen molar-refractivity contribution in [2.75, 3.05) is 16.8 Å². The summed E-state index contributed by atoms with van der Waals surface area (Å²) in [5.41, 5.74) is 13.0. The first kappa shape index (κ1) is 17.0. The van der Waals surface area contributed by atoms with Gasteiger partial charge in [0, 0.05) is 17.9 Å². The summed E-state index contributed by atoms with van der Waals surface area (Å²) in [6.45, 7) is 2.09. The Morgan fingerprint density at radius 2 is 2.04 bits per heavy atom. The Labute approximate surface area is 139 Å². The molecule has 0 aliphatic rings. The van der Waals surface area contributed by atoms with Crippen LogP contribution < -0.4 is 16.8 Å². The van der Waals surface area contributed by atoms with E-state index in [0.29, 0.717) is 29.7 Å². The van der Waals surface area contributed by atoms with E-state index < -0.39 is 0 Å². The Morgan fingerprint density at radius 3 is 2.78 bits per heavy atom. The third-order valence-corrected chi connectivity index (χ3v) is 4.02. The van der Waals surface area contributed by atoms with Crippen molar-refractivity contribution in [2.24, 2.45) is 5.73 Å². The quantitative estimate of drug-likeness (QED) is 0.631. The number of amides is 1. The van der Waals surface area contributed by atoms with E-state index in [-0.39, 0.29) is 11.9 Å². The molecule has 2 rings (SSSR count). The SMILES string of the molecule is CCc1ccccc1Nc1nc(N)nc(CSCCC(N)=O)n1. The maximum Gasteiger partial charge on any atom is 0.232 e. The van der Waals surface area contributed by atoms with E-state index in [9.17, 15) is 4.79 Å². The summed E-state index contributed by atoms with van der Waals surface area (Å²) in [6.07, 6.45) is 1.24. The first-order valence-electron chi connectivity index (χ1n) is 7.30. The number of carbonyl (C=O) groups excluding carboxylic acids is 1. The molecule has 1 aromatic carbocycles. The Kier molecular flexibility index (Phi) is 6.16. The van der Waals surface area contributed by atoms with E-state index in [0.717, 1.165) is 12.1 Å². The van der Waals surface area contributed by atoms with Crippen molar-refractivity contribution >= 4 is 35.3 Å². The van der Waals surface area contributed by atoms with Gasteiger partial charge in [0.25, 0.3) is 0 Å². The average Bonchev–Trinajstić information content (AvgIpc) is 2.51. The molecule has 0 aliphatic carbocycles. The van der Waals surface area contributed by atoms with Gasteiger partial charge < -0.3 is 16.8 Å². The minimum absolute atomic E-state index is 0.169. The van der Waals surface area contributed by atoms with E-state index in [1.165, 1.54) is 17.3 Å². The second-order valence-corrected chi connectivity index (χ2v) is 5.94. The maximum atomic E-state index is 10.7. The van der Waals surface area contributed by atoms with E-state index in [4.69, 9.17) is 11.5 Å². The highest BCUT2D eigenvalue weighted by molar-refractivity contribution is 7.98. The summed E-state index contributed by atoms with van der Waals surface area (Å²) in [4.78, 5) is 23.3. The fraction of sp³-hybridized carbons (Fsp3) is 0.333. The van der Waals surface area contributed by atoms with Crippen molar-refractivity contribution < 1.29 is 4.79 Å². The first-order valence-corrected chi connectivity index (χ1v) is 8.45. The number of aryl methyl sites for hydroxylation is 1. The smallest absolute Gasteiger partial charge is 0.232 e. The lowest BCUT2D eigenvalue weighted by Crippen LogP contribution is -2.11. The minimum Gasteiger partial charge on any atom is -0.370 e. The van der Waals surface area contributed by atoms with Crippen molar-refractivity contribution in [3.05, 3.63) is 35.7 Å². The predicted molar refractivity (Wildman–Crippen MR) is 93.3 cm³/mol. The molecular weight excluding hydrogens is 312 g/mol. The number of carbonyl (C=O) groups is 1. The van der Waals surface area contributed by atoms with Crippen LogP contribution in [-0.2, 0) is 17.0 Å². The van der Waals surface area contributed by atoms with Crippen LogP contribution in [0.5, 0.6) is 0 Å². The Morgan fingerprint density at radius 1 is 1.26 bits per heavy atom. The van der Waals surface area contributed by atoms with Gasteiger partial charge in [-0.1, -0.05) is 25.1 Å². The Bertz CT molecular complexity index is 679. The summed E-state index contributed by atoms with van der Waals surface area (Å²) in [7, 11) is 0. The van der Waals surface area contributed by atoms with Crippen molar-refractivity contribution in [2.45, 2.75) is 25.5 Å². The van der Waals surface area contributed by atoms with Gasteiger partial charge in [-0.05, 0) is 18.1 Å². The number of hydrogen-bond acceptors (Lipinski definition) is 7. The fourth-order valence-corrected chi connectivity index (χ4v) is 2.77. The van der Waals surface area contributed by atoms with E-state index in [1.54, 1.807) is 0 Å². The lowest BCUT2D eigenvalue weighted by atomic mass is 10.1. The molecule has 0 atom stereocenters. The van der Waals surface area contributed by atoms with E-state index >= 15 is 0 Å². The molecule has 1 amide bonds. The van der Waals surface area contributed by atoms with Crippen LogP contribution in [0.1, 0.15) is 24.7 Å². The molecule has 0 saturated heterocycles. The molecule has 0 saturated carbocycles. The standard InChI is InChI=1S/C15H20N6OS/c1-2-10-5-3-4-6-11(10)18-15-20-13(19-14(17)21-15)9-23-8-7-12(16)22/h3-6H,2,7-9H2,1H3,(H2,16,22)(H3,17,18,19,20,21). The predicted octanol–water partition coefficient (Wildman–Crippen LogP) is 1.87. The summed E-state index contributed by atoms with van der Waals surface area (Å²) in [6, 6.07) is 7.97. The van der Waals surface area contributed by atoms with Crippen molar-refractivity contribution in [3.8, 4) is 0 Å². The van der Waals surface area contributed by atoms with Crippen molar-refractivity contribution in [3.63, 3.8) is 0 Å². The number of thioether (sulfide) groups is 1. The van der Waals surface area contributed by atoms with Gasteiger partial charge in [-0.3, -0.25) is 4.79 Å². The maximum absolute atomic E-state index is 10.7. The van der Waals surface area contributed by atoms with Gasteiger partial charge in [0.05, 0.1) is 5.75 Å². The molecule has 7 nitrogen and oxygen atoms in total.